The summed E-state index contributed by atoms with van der Waals surface area (Å²) in [6.07, 6.45) is 7.79. The van der Waals surface area contributed by atoms with Gasteiger partial charge in [0, 0.05) is 24.8 Å². The van der Waals surface area contributed by atoms with Crippen LogP contribution in [0.5, 0.6) is 0 Å². The molecule has 0 saturated carbocycles. The number of aliphatic hydroxyl groups excluding tert-OH is 1. The van der Waals surface area contributed by atoms with Crippen molar-refractivity contribution in [2.24, 2.45) is 0 Å². The molecule has 0 radical (unpaired) electrons. The van der Waals surface area contributed by atoms with Gasteiger partial charge in [-0.05, 0) is 32.1 Å². The minimum absolute atomic E-state index is 0.225. The van der Waals surface area contributed by atoms with E-state index in [4.69, 9.17) is 11.6 Å². The number of aromatic nitrogens is 2. The molecule has 19 heavy (non-hydrogen) atoms. The van der Waals surface area contributed by atoms with Gasteiger partial charge in [0.05, 0.1) is 0 Å². The van der Waals surface area contributed by atoms with Crippen molar-refractivity contribution in [1.82, 2.24) is 9.97 Å². The molecule has 0 amide bonds. The van der Waals surface area contributed by atoms with Gasteiger partial charge >= 0.3 is 0 Å². The maximum absolute atomic E-state index is 9.22. The largest absolute Gasteiger partial charge is 0.396 e. The number of aliphatic hydroxyl groups is 1. The normalized spacial score (nSPS) is 19.7. The predicted molar refractivity (Wildman–Crippen MR) is 77.7 cm³/mol. The molecule has 0 spiro atoms. The molecule has 1 atom stereocenters. The maximum atomic E-state index is 9.22. The zero-order valence-electron chi connectivity index (χ0n) is 11.5. The molecule has 1 aliphatic rings. The third-order valence-corrected chi connectivity index (χ3v) is 4.06. The van der Waals surface area contributed by atoms with Gasteiger partial charge in [0.2, 0.25) is 0 Å². The van der Waals surface area contributed by atoms with Crippen LogP contribution < -0.4 is 4.90 Å². The van der Waals surface area contributed by atoms with Gasteiger partial charge in [0.25, 0.3) is 0 Å². The number of hydrogen-bond donors (Lipinski definition) is 1. The van der Waals surface area contributed by atoms with Crippen LogP contribution in [0.1, 0.15) is 44.6 Å². The van der Waals surface area contributed by atoms with Gasteiger partial charge in [-0.25, -0.2) is 9.97 Å². The quantitative estimate of drug-likeness (QED) is 0.844. The summed E-state index contributed by atoms with van der Waals surface area (Å²) in [6.45, 7) is 3.35. The molecular weight excluding hydrogens is 262 g/mol. The second-order valence-corrected chi connectivity index (χ2v) is 5.43. The first kappa shape index (κ1) is 14.5. The SMILES string of the molecule is CCCc1c(Cl)ncnc1N1CCCCC1CCO. The number of nitrogens with zero attached hydrogens (tertiary/aromatic N) is 3. The van der Waals surface area contributed by atoms with Gasteiger partial charge in [-0.2, -0.15) is 0 Å². The first-order chi connectivity index (χ1) is 9.27. The molecule has 2 rings (SSSR count). The number of anilines is 1. The van der Waals surface area contributed by atoms with E-state index in [9.17, 15) is 5.11 Å². The molecule has 1 aromatic heterocycles. The molecule has 1 saturated heterocycles. The molecule has 1 N–H and O–H groups in total. The van der Waals surface area contributed by atoms with Gasteiger partial charge in [-0.1, -0.05) is 24.9 Å². The Bertz CT molecular complexity index is 412. The molecule has 106 valence electrons. The van der Waals surface area contributed by atoms with Crippen LogP contribution >= 0.6 is 11.6 Å². The van der Waals surface area contributed by atoms with Crippen LogP contribution in [-0.4, -0.2) is 34.3 Å². The summed E-state index contributed by atoms with van der Waals surface area (Å²) in [5.41, 5.74) is 1.05. The van der Waals surface area contributed by atoms with Crippen LogP contribution in [0, 0.1) is 0 Å². The number of hydrogen-bond acceptors (Lipinski definition) is 4. The van der Waals surface area contributed by atoms with E-state index in [1.54, 1.807) is 6.33 Å². The Morgan fingerprint density at radius 2 is 2.26 bits per heavy atom. The van der Waals surface area contributed by atoms with Crippen LogP contribution in [-0.2, 0) is 6.42 Å². The van der Waals surface area contributed by atoms with E-state index in [1.165, 1.54) is 12.8 Å². The molecular formula is C14H22ClN3O. The molecule has 0 aliphatic carbocycles. The van der Waals surface area contributed by atoms with Crippen molar-refractivity contribution >= 4 is 17.4 Å². The minimum atomic E-state index is 0.225. The van der Waals surface area contributed by atoms with E-state index in [0.717, 1.165) is 43.6 Å². The van der Waals surface area contributed by atoms with Crippen molar-refractivity contribution in [1.29, 1.82) is 0 Å². The predicted octanol–water partition coefficient (Wildman–Crippen LogP) is 2.82. The molecule has 0 bridgehead atoms. The van der Waals surface area contributed by atoms with E-state index in [-0.39, 0.29) is 6.61 Å². The van der Waals surface area contributed by atoms with E-state index in [2.05, 4.69) is 21.8 Å². The van der Waals surface area contributed by atoms with Gasteiger partial charge < -0.3 is 10.0 Å². The fourth-order valence-electron chi connectivity index (χ4n) is 2.82. The molecule has 0 aromatic carbocycles. The molecule has 1 fully saturated rings. The highest BCUT2D eigenvalue weighted by Gasteiger charge is 2.25. The average Bonchev–Trinajstić information content (AvgIpc) is 2.42. The highest BCUT2D eigenvalue weighted by Crippen LogP contribution is 2.30. The summed E-state index contributed by atoms with van der Waals surface area (Å²) in [4.78, 5) is 10.9. The van der Waals surface area contributed by atoms with Crippen molar-refractivity contribution in [2.45, 2.75) is 51.5 Å². The summed E-state index contributed by atoms with van der Waals surface area (Å²) >= 11 is 6.23. The Labute approximate surface area is 119 Å². The molecule has 1 aliphatic heterocycles. The molecule has 2 heterocycles. The number of rotatable bonds is 5. The third kappa shape index (κ3) is 3.37. The summed E-state index contributed by atoms with van der Waals surface area (Å²) < 4.78 is 0. The highest BCUT2D eigenvalue weighted by atomic mass is 35.5. The fraction of sp³-hybridized carbons (Fsp3) is 0.714. The Morgan fingerprint density at radius 3 is 3.00 bits per heavy atom. The summed E-state index contributed by atoms with van der Waals surface area (Å²) in [6, 6.07) is 0.375. The molecule has 5 heteroatoms. The standard InChI is InChI=1S/C14H22ClN3O/c1-2-5-12-13(15)16-10-17-14(12)18-8-4-3-6-11(18)7-9-19/h10-11,19H,2-9H2,1H3. The van der Waals surface area contributed by atoms with Gasteiger partial charge in [0.1, 0.15) is 17.3 Å². The lowest BCUT2D eigenvalue weighted by Gasteiger charge is -2.37. The topological polar surface area (TPSA) is 49.2 Å². The van der Waals surface area contributed by atoms with Crippen LogP contribution in [0.15, 0.2) is 6.33 Å². The first-order valence-corrected chi connectivity index (χ1v) is 7.52. The highest BCUT2D eigenvalue weighted by molar-refractivity contribution is 6.30. The monoisotopic (exact) mass is 283 g/mol. The summed E-state index contributed by atoms with van der Waals surface area (Å²) in [5.74, 6) is 0.972. The first-order valence-electron chi connectivity index (χ1n) is 7.14. The molecule has 1 aromatic rings. The number of halogens is 1. The number of piperidine rings is 1. The Hall–Kier alpha value is -0.870. The Kier molecular flexibility index (Phi) is 5.40. The van der Waals surface area contributed by atoms with Crippen molar-refractivity contribution in [3.8, 4) is 0 Å². The summed E-state index contributed by atoms with van der Waals surface area (Å²) in [7, 11) is 0. The lowest BCUT2D eigenvalue weighted by atomic mass is 9.98. The van der Waals surface area contributed by atoms with Gasteiger partial charge in [-0.3, -0.25) is 0 Å². The summed E-state index contributed by atoms with van der Waals surface area (Å²) in [5, 5.41) is 9.79. The second kappa shape index (κ2) is 7.06. The van der Waals surface area contributed by atoms with Crippen molar-refractivity contribution < 1.29 is 5.11 Å². The second-order valence-electron chi connectivity index (χ2n) is 5.07. The minimum Gasteiger partial charge on any atom is -0.396 e. The van der Waals surface area contributed by atoms with E-state index in [0.29, 0.717) is 11.2 Å². The smallest absolute Gasteiger partial charge is 0.137 e. The van der Waals surface area contributed by atoms with E-state index in [1.807, 2.05) is 0 Å². The van der Waals surface area contributed by atoms with E-state index < -0.39 is 0 Å². The van der Waals surface area contributed by atoms with Crippen molar-refractivity contribution in [2.75, 3.05) is 18.1 Å². The van der Waals surface area contributed by atoms with Gasteiger partial charge in [-0.15, -0.1) is 0 Å². The lowest BCUT2D eigenvalue weighted by molar-refractivity contribution is 0.262. The van der Waals surface area contributed by atoms with Crippen LogP contribution in [0.2, 0.25) is 5.15 Å². The fourth-order valence-corrected chi connectivity index (χ4v) is 3.05. The average molecular weight is 284 g/mol. The Balaban J connectivity index is 2.30. The van der Waals surface area contributed by atoms with Gasteiger partial charge in [0.15, 0.2) is 0 Å². The molecule has 4 nitrogen and oxygen atoms in total. The van der Waals surface area contributed by atoms with Crippen LogP contribution in [0.25, 0.3) is 0 Å². The van der Waals surface area contributed by atoms with Crippen LogP contribution in [0.3, 0.4) is 0 Å². The Morgan fingerprint density at radius 1 is 1.42 bits per heavy atom. The lowest BCUT2D eigenvalue weighted by Crippen LogP contribution is -2.41. The zero-order valence-corrected chi connectivity index (χ0v) is 12.2. The maximum Gasteiger partial charge on any atom is 0.137 e. The van der Waals surface area contributed by atoms with Crippen LogP contribution in [0.4, 0.5) is 5.82 Å². The molecule has 1 unspecified atom stereocenters. The van der Waals surface area contributed by atoms with Crippen molar-refractivity contribution in [3.63, 3.8) is 0 Å². The zero-order chi connectivity index (χ0) is 13.7. The van der Waals surface area contributed by atoms with Crippen molar-refractivity contribution in [3.05, 3.63) is 17.0 Å². The third-order valence-electron chi connectivity index (χ3n) is 3.73. The van der Waals surface area contributed by atoms with E-state index >= 15 is 0 Å².